The summed E-state index contributed by atoms with van der Waals surface area (Å²) in [6.07, 6.45) is 4.81. The van der Waals surface area contributed by atoms with Gasteiger partial charge in [0.2, 0.25) is 5.91 Å². The van der Waals surface area contributed by atoms with Crippen LogP contribution in [0, 0.1) is 5.82 Å². The molecule has 1 aromatic heterocycles. The molecule has 0 radical (unpaired) electrons. The number of benzene rings is 2. The highest BCUT2D eigenvalue weighted by Gasteiger charge is 2.37. The van der Waals surface area contributed by atoms with Gasteiger partial charge in [0.15, 0.2) is 5.69 Å². The Morgan fingerprint density at radius 2 is 1.74 bits per heavy atom. The van der Waals surface area contributed by atoms with Crippen LogP contribution in [0.1, 0.15) is 63.9 Å². The van der Waals surface area contributed by atoms with Crippen molar-refractivity contribution in [3.8, 4) is 0 Å². The Hall–Kier alpha value is -3.99. The van der Waals surface area contributed by atoms with Gasteiger partial charge >= 0.3 is 0 Å². The lowest BCUT2D eigenvalue weighted by atomic mass is 9.94. The van der Waals surface area contributed by atoms with E-state index in [2.05, 4.69) is 9.69 Å². The molecule has 0 saturated heterocycles. The largest absolute Gasteiger partial charge is 0.395 e. The van der Waals surface area contributed by atoms with E-state index in [4.69, 9.17) is 11.5 Å². The smallest absolute Gasteiger partial charge is 0.273 e. The lowest BCUT2D eigenvalue weighted by Crippen LogP contribution is -2.47. The Kier molecular flexibility index (Phi) is 8.26. The summed E-state index contributed by atoms with van der Waals surface area (Å²) in [4.78, 5) is 42.8. The summed E-state index contributed by atoms with van der Waals surface area (Å²) >= 11 is 0.707. The average molecular weight is 539 g/mol. The number of hydrogen-bond donors (Lipinski definition) is 3. The minimum atomic E-state index is -1.15. The normalized spacial score (nSPS) is 14.5. The van der Waals surface area contributed by atoms with Crippen molar-refractivity contribution >= 4 is 46.3 Å². The summed E-state index contributed by atoms with van der Waals surface area (Å²) in [6, 6.07) is 11.5. The van der Waals surface area contributed by atoms with Crippen molar-refractivity contribution in [2.75, 3.05) is 29.6 Å². The van der Waals surface area contributed by atoms with Crippen molar-refractivity contribution in [1.29, 1.82) is 0 Å². The number of nitrogens with two attached hydrogens (primary N) is 2. The number of rotatable bonds is 8. The van der Waals surface area contributed by atoms with Crippen LogP contribution < -0.4 is 26.6 Å². The van der Waals surface area contributed by atoms with Crippen LogP contribution in [-0.2, 0) is 4.79 Å². The van der Waals surface area contributed by atoms with Gasteiger partial charge in [0, 0.05) is 31.5 Å². The standard InChI is InChI=1S/C27H31FN6O3S/c1-33(2)19-13-11-16(12-14-19)23(26(36)31-18-8-4-3-5-9-18)34(20-10-6-7-17(28)15-20)27(37)24-21(29)22(25(30)35)32-38-24/h6-7,10-15,18,23H,3-5,8-9,29H2,1-2H3,(H2,30,35)(H,31,36). The first-order chi connectivity index (χ1) is 18.2. The molecular formula is C27H31FN6O3S. The molecule has 5 N–H and O–H groups in total. The quantitative estimate of drug-likeness (QED) is 0.399. The van der Waals surface area contributed by atoms with Crippen molar-refractivity contribution in [1.82, 2.24) is 9.69 Å². The second-order valence-corrected chi connectivity index (χ2v) is 10.3. The highest BCUT2D eigenvalue weighted by atomic mass is 32.1. The van der Waals surface area contributed by atoms with E-state index in [1.807, 2.05) is 31.1 Å². The Bertz CT molecular complexity index is 1320. The van der Waals surface area contributed by atoms with Gasteiger partial charge in [-0.3, -0.25) is 19.3 Å². The van der Waals surface area contributed by atoms with Gasteiger partial charge in [-0.1, -0.05) is 37.5 Å². The molecule has 1 aliphatic carbocycles. The van der Waals surface area contributed by atoms with Crippen LogP contribution in [0.25, 0.3) is 0 Å². The van der Waals surface area contributed by atoms with E-state index in [-0.39, 0.29) is 28.0 Å². The fourth-order valence-corrected chi connectivity index (χ4v) is 5.39. The van der Waals surface area contributed by atoms with E-state index in [9.17, 15) is 18.8 Å². The van der Waals surface area contributed by atoms with Crippen molar-refractivity contribution in [3.63, 3.8) is 0 Å². The van der Waals surface area contributed by atoms with Gasteiger partial charge in [-0.15, -0.1) is 0 Å². The van der Waals surface area contributed by atoms with Crippen molar-refractivity contribution < 1.29 is 18.8 Å². The SMILES string of the molecule is CN(C)c1ccc(C(C(=O)NC2CCCCC2)N(C(=O)c2snc(C(N)=O)c2N)c2cccc(F)c2)cc1. The molecule has 200 valence electrons. The first-order valence-electron chi connectivity index (χ1n) is 12.4. The van der Waals surface area contributed by atoms with E-state index < -0.39 is 29.6 Å². The van der Waals surface area contributed by atoms with Gasteiger partial charge in [-0.05, 0) is 60.3 Å². The fourth-order valence-electron chi connectivity index (χ4n) is 4.65. The van der Waals surface area contributed by atoms with Crippen molar-refractivity contribution in [3.05, 3.63) is 70.5 Å². The first-order valence-corrected chi connectivity index (χ1v) is 13.2. The third-order valence-corrected chi connectivity index (χ3v) is 7.50. The maximum Gasteiger partial charge on any atom is 0.273 e. The van der Waals surface area contributed by atoms with Crippen LogP contribution >= 0.6 is 11.5 Å². The van der Waals surface area contributed by atoms with Crippen LogP contribution in [0.15, 0.2) is 48.5 Å². The van der Waals surface area contributed by atoms with Gasteiger partial charge in [-0.25, -0.2) is 4.39 Å². The monoisotopic (exact) mass is 538 g/mol. The minimum Gasteiger partial charge on any atom is -0.395 e. The van der Waals surface area contributed by atoms with E-state index in [0.29, 0.717) is 17.1 Å². The molecule has 1 fully saturated rings. The Balaban J connectivity index is 1.84. The van der Waals surface area contributed by atoms with Gasteiger partial charge in [0.05, 0.1) is 5.69 Å². The summed E-state index contributed by atoms with van der Waals surface area (Å²) in [5, 5.41) is 3.11. The molecule has 3 aromatic rings. The first kappa shape index (κ1) is 27.1. The van der Waals surface area contributed by atoms with Crippen LogP contribution in [0.3, 0.4) is 0 Å². The van der Waals surface area contributed by atoms with E-state index >= 15 is 0 Å². The zero-order chi connectivity index (χ0) is 27.4. The van der Waals surface area contributed by atoms with Crippen molar-refractivity contribution in [2.45, 2.75) is 44.2 Å². The molecule has 3 amide bonds. The Morgan fingerprint density at radius 1 is 1.05 bits per heavy atom. The topological polar surface area (TPSA) is 135 Å². The lowest BCUT2D eigenvalue weighted by Gasteiger charge is -2.33. The van der Waals surface area contributed by atoms with Crippen molar-refractivity contribution in [2.24, 2.45) is 5.73 Å². The van der Waals surface area contributed by atoms with Gasteiger partial charge in [0.1, 0.15) is 16.7 Å². The highest BCUT2D eigenvalue weighted by molar-refractivity contribution is 7.09. The maximum atomic E-state index is 14.4. The molecule has 2 aromatic carbocycles. The van der Waals surface area contributed by atoms with Gasteiger partial charge < -0.3 is 21.7 Å². The average Bonchev–Trinajstić information content (AvgIpc) is 3.29. The molecular weight excluding hydrogens is 507 g/mol. The number of carbonyl (C=O) groups is 3. The second-order valence-electron chi connectivity index (χ2n) is 9.53. The molecule has 1 unspecified atom stereocenters. The van der Waals surface area contributed by atoms with E-state index in [0.717, 1.165) is 37.8 Å². The number of aromatic nitrogens is 1. The number of primary amides is 1. The number of carbonyl (C=O) groups excluding carboxylic acids is 3. The zero-order valence-corrected chi connectivity index (χ0v) is 22.1. The van der Waals surface area contributed by atoms with Crippen LogP contribution in [0.2, 0.25) is 0 Å². The Morgan fingerprint density at radius 3 is 2.32 bits per heavy atom. The third-order valence-electron chi connectivity index (χ3n) is 6.64. The van der Waals surface area contributed by atoms with E-state index in [1.165, 1.54) is 23.1 Å². The molecule has 11 heteroatoms. The number of nitrogen functional groups attached to an aromatic ring is 1. The number of amides is 3. The van der Waals surface area contributed by atoms with Gasteiger partial charge in [0.25, 0.3) is 11.8 Å². The minimum absolute atomic E-state index is 0.0285. The predicted octanol–water partition coefficient (Wildman–Crippen LogP) is 3.87. The number of nitrogens with one attached hydrogen (secondary N) is 1. The number of hydrogen-bond acceptors (Lipinski definition) is 7. The third kappa shape index (κ3) is 5.77. The molecule has 9 nitrogen and oxygen atoms in total. The molecule has 1 aliphatic rings. The highest BCUT2D eigenvalue weighted by Crippen LogP contribution is 2.34. The van der Waals surface area contributed by atoms with Crippen LogP contribution in [0.4, 0.5) is 21.5 Å². The molecule has 4 rings (SSSR count). The lowest BCUT2D eigenvalue weighted by molar-refractivity contribution is -0.123. The predicted molar refractivity (Wildman–Crippen MR) is 147 cm³/mol. The number of nitrogens with zero attached hydrogens (tertiary/aromatic N) is 3. The maximum absolute atomic E-state index is 14.4. The zero-order valence-electron chi connectivity index (χ0n) is 21.3. The van der Waals surface area contributed by atoms with Crippen LogP contribution in [-0.4, -0.2) is 42.2 Å². The van der Waals surface area contributed by atoms with Crippen LogP contribution in [0.5, 0.6) is 0 Å². The summed E-state index contributed by atoms with van der Waals surface area (Å²) in [5.41, 5.74) is 12.6. The molecule has 0 aliphatic heterocycles. The number of halogens is 1. The summed E-state index contributed by atoms with van der Waals surface area (Å²) < 4.78 is 18.4. The van der Waals surface area contributed by atoms with E-state index in [1.54, 1.807) is 18.2 Å². The van der Waals surface area contributed by atoms with Gasteiger partial charge in [-0.2, -0.15) is 4.37 Å². The molecule has 38 heavy (non-hydrogen) atoms. The second kappa shape index (κ2) is 11.6. The number of anilines is 3. The molecule has 0 spiro atoms. The summed E-state index contributed by atoms with van der Waals surface area (Å²) in [7, 11) is 3.79. The molecule has 0 bridgehead atoms. The molecule has 1 heterocycles. The summed E-state index contributed by atoms with van der Waals surface area (Å²) in [6.45, 7) is 0. The Labute approximate surface area is 224 Å². The molecule has 1 atom stereocenters. The summed E-state index contributed by atoms with van der Waals surface area (Å²) in [5.74, 6) is -2.55. The molecule has 1 saturated carbocycles. The fraction of sp³-hybridized carbons (Fsp3) is 0.333.